The first-order chi connectivity index (χ1) is 20.6. The molecule has 0 aliphatic carbocycles. The Labute approximate surface area is 245 Å². The highest BCUT2D eigenvalue weighted by atomic mass is 16.7. The third-order valence-corrected chi connectivity index (χ3v) is 7.61. The first kappa shape index (κ1) is 31.5. The topological polar surface area (TPSA) is 226 Å². The van der Waals surface area contributed by atoms with Crippen LogP contribution < -0.4 is 23.7 Å². The van der Waals surface area contributed by atoms with E-state index in [9.17, 15) is 40.9 Å². The fourth-order valence-electron chi connectivity index (χ4n) is 5.10. The highest BCUT2D eigenvalue weighted by Crippen LogP contribution is 2.43. The quantitative estimate of drug-likeness (QED) is 0.140. The molecule has 2 saturated heterocycles. The largest absolute Gasteiger partial charge is 0.493 e. The van der Waals surface area contributed by atoms with Crippen molar-refractivity contribution in [1.29, 1.82) is 0 Å². The lowest BCUT2D eigenvalue weighted by Gasteiger charge is -2.39. The van der Waals surface area contributed by atoms with Crippen molar-refractivity contribution in [1.82, 2.24) is 0 Å². The molecule has 0 radical (unpaired) electrons. The second-order valence-electron chi connectivity index (χ2n) is 10.4. The number of hydrogen-bond donors (Lipinski definition) is 8. The summed E-state index contributed by atoms with van der Waals surface area (Å²) in [6.45, 7) is -1.27. The van der Waals surface area contributed by atoms with Gasteiger partial charge in [0.15, 0.2) is 23.0 Å². The van der Waals surface area contributed by atoms with Crippen molar-refractivity contribution in [2.45, 2.75) is 74.3 Å². The van der Waals surface area contributed by atoms with Crippen molar-refractivity contribution < 1.29 is 74.0 Å². The average Bonchev–Trinajstić information content (AvgIpc) is 3.49. The maximum absolute atomic E-state index is 10.4. The Kier molecular flexibility index (Phi) is 9.77. The highest BCUT2D eigenvalue weighted by molar-refractivity contribution is 5.55. The van der Waals surface area contributed by atoms with E-state index in [0.29, 0.717) is 24.3 Å². The molecule has 2 aromatic carbocycles. The zero-order valence-electron chi connectivity index (χ0n) is 23.1. The predicted molar refractivity (Wildman–Crippen MR) is 142 cm³/mol. The molecule has 3 aliphatic rings. The minimum Gasteiger partial charge on any atom is -0.493 e. The molecule has 2 fully saturated rings. The van der Waals surface area contributed by atoms with Crippen molar-refractivity contribution in [2.75, 3.05) is 27.1 Å². The van der Waals surface area contributed by atoms with Gasteiger partial charge in [0.2, 0.25) is 25.1 Å². The molecule has 0 spiro atoms. The molecule has 0 unspecified atom stereocenters. The van der Waals surface area contributed by atoms with Gasteiger partial charge in [0.1, 0.15) is 48.8 Å². The first-order valence-electron chi connectivity index (χ1n) is 13.7. The van der Waals surface area contributed by atoms with Gasteiger partial charge < -0.3 is 74.0 Å². The van der Waals surface area contributed by atoms with E-state index in [0.717, 1.165) is 11.1 Å². The molecule has 8 N–H and O–H groups in total. The fourth-order valence-corrected chi connectivity index (χ4v) is 5.10. The lowest BCUT2D eigenvalue weighted by molar-refractivity contribution is -0.277. The van der Waals surface area contributed by atoms with Crippen LogP contribution in [0.15, 0.2) is 30.3 Å². The van der Waals surface area contributed by atoms with Gasteiger partial charge >= 0.3 is 0 Å². The van der Waals surface area contributed by atoms with Crippen LogP contribution >= 0.6 is 0 Å². The molecule has 2 aromatic rings. The van der Waals surface area contributed by atoms with E-state index in [1.807, 2.05) is 0 Å². The van der Waals surface area contributed by atoms with E-state index in [4.69, 9.17) is 33.2 Å². The predicted octanol–water partition coefficient (Wildman–Crippen LogP) is -2.43. The van der Waals surface area contributed by atoms with Crippen LogP contribution in [0.5, 0.6) is 28.7 Å². The maximum atomic E-state index is 10.4. The van der Waals surface area contributed by atoms with Crippen molar-refractivity contribution in [3.05, 3.63) is 41.5 Å². The molecule has 0 saturated carbocycles. The van der Waals surface area contributed by atoms with E-state index in [-0.39, 0.29) is 24.0 Å². The molecule has 3 aliphatic heterocycles. The summed E-state index contributed by atoms with van der Waals surface area (Å²) in [6, 6.07) is 8.54. The van der Waals surface area contributed by atoms with Crippen LogP contribution in [0.4, 0.5) is 0 Å². The summed E-state index contributed by atoms with van der Waals surface area (Å²) < 4.78 is 39.0. The van der Waals surface area contributed by atoms with E-state index < -0.39 is 74.6 Å². The van der Waals surface area contributed by atoms with Gasteiger partial charge in [0.05, 0.1) is 20.3 Å². The summed E-state index contributed by atoms with van der Waals surface area (Å²) in [7, 11) is 1.43. The number of hydrogen-bond acceptors (Lipinski definition) is 15. The van der Waals surface area contributed by atoms with E-state index in [2.05, 4.69) is 0 Å². The summed E-state index contributed by atoms with van der Waals surface area (Å²) in [5, 5.41) is 80.1. The number of benzene rings is 2. The SMILES string of the molecule is COc1ccc(CCc2cc3c(c(O[C@@H]4O[C@H](CO)[C@@H](O)[C@@H](O)[C@H]4O)c2)OCO3)cc1O[C@@H]1O[C@H](CO)[C@@H](O)[C@H](O)[C@H]1O. The number of methoxy groups -OCH3 is 1. The van der Waals surface area contributed by atoms with Gasteiger partial charge in [-0.2, -0.15) is 0 Å². The number of aryl methyl sites for hydroxylation is 2. The van der Waals surface area contributed by atoms with Crippen LogP contribution in [-0.4, -0.2) is 129 Å². The molecule has 0 bridgehead atoms. The standard InChI is InChI=1S/C28H36O15/c1-37-14-5-4-12(6-15(14)40-27-24(35)22(33)20(31)18(9-29)42-27)2-3-13-7-16-26(39-11-38-16)17(8-13)41-28-25(36)23(34)21(32)19(10-30)43-28/h4-8,18-25,27-36H,2-3,9-11H2,1H3/t18-,19-,20-,21-,22+,23-,24-,25-,27-,28-/m1/s1. The Morgan fingerprint density at radius 1 is 0.651 bits per heavy atom. The van der Waals surface area contributed by atoms with Gasteiger partial charge in [0.25, 0.3) is 0 Å². The molecule has 10 atom stereocenters. The van der Waals surface area contributed by atoms with E-state index in [1.54, 1.807) is 30.3 Å². The lowest BCUT2D eigenvalue weighted by atomic mass is 9.99. The third-order valence-electron chi connectivity index (χ3n) is 7.61. The molecular formula is C28H36O15. The molecular weight excluding hydrogens is 576 g/mol. The van der Waals surface area contributed by atoms with Crippen molar-refractivity contribution in [2.24, 2.45) is 0 Å². The molecule has 15 nitrogen and oxygen atoms in total. The van der Waals surface area contributed by atoms with Gasteiger partial charge in [-0.1, -0.05) is 6.07 Å². The zero-order chi connectivity index (χ0) is 30.8. The number of rotatable bonds is 10. The molecule has 5 rings (SSSR count). The van der Waals surface area contributed by atoms with Crippen LogP contribution in [0.3, 0.4) is 0 Å². The minimum atomic E-state index is -1.61. The summed E-state index contributed by atoms with van der Waals surface area (Å²) in [6.07, 6.45) is -13.6. The van der Waals surface area contributed by atoms with Gasteiger partial charge in [0, 0.05) is 0 Å². The zero-order valence-corrected chi connectivity index (χ0v) is 23.1. The number of fused-ring (bicyclic) bond motifs is 1. The van der Waals surface area contributed by atoms with Gasteiger partial charge in [-0.3, -0.25) is 0 Å². The normalized spacial score (nSPS) is 33.7. The second kappa shape index (κ2) is 13.4. The summed E-state index contributed by atoms with van der Waals surface area (Å²) in [5.74, 6) is 1.33. The van der Waals surface area contributed by atoms with Crippen molar-refractivity contribution in [3.63, 3.8) is 0 Å². The van der Waals surface area contributed by atoms with E-state index >= 15 is 0 Å². The summed E-state index contributed by atoms with van der Waals surface area (Å²) >= 11 is 0. The van der Waals surface area contributed by atoms with Gasteiger partial charge in [-0.05, 0) is 48.2 Å². The van der Waals surface area contributed by atoms with Crippen LogP contribution in [0, 0.1) is 0 Å². The first-order valence-corrected chi connectivity index (χ1v) is 13.7. The Morgan fingerprint density at radius 2 is 1.21 bits per heavy atom. The van der Waals surface area contributed by atoms with E-state index in [1.165, 1.54) is 7.11 Å². The Hall–Kier alpha value is -2.96. The van der Waals surface area contributed by atoms with Crippen LogP contribution in [0.25, 0.3) is 0 Å². The Bertz CT molecular complexity index is 1240. The summed E-state index contributed by atoms with van der Waals surface area (Å²) in [5.41, 5.74) is 1.53. The maximum Gasteiger partial charge on any atom is 0.231 e. The van der Waals surface area contributed by atoms with Crippen LogP contribution in [0.1, 0.15) is 11.1 Å². The van der Waals surface area contributed by atoms with Gasteiger partial charge in [-0.25, -0.2) is 0 Å². The lowest BCUT2D eigenvalue weighted by Crippen LogP contribution is -2.60. The second-order valence-corrected chi connectivity index (χ2v) is 10.4. The summed E-state index contributed by atoms with van der Waals surface area (Å²) in [4.78, 5) is 0. The van der Waals surface area contributed by atoms with Gasteiger partial charge in [-0.15, -0.1) is 0 Å². The smallest absolute Gasteiger partial charge is 0.231 e. The number of ether oxygens (including phenoxy) is 7. The third kappa shape index (κ3) is 6.46. The van der Waals surface area contributed by atoms with Crippen LogP contribution in [0.2, 0.25) is 0 Å². The highest BCUT2D eigenvalue weighted by Gasteiger charge is 2.46. The Morgan fingerprint density at radius 3 is 1.79 bits per heavy atom. The molecule has 0 amide bonds. The van der Waals surface area contributed by atoms with Crippen molar-refractivity contribution >= 4 is 0 Å². The fraction of sp³-hybridized carbons (Fsp3) is 0.571. The Balaban J connectivity index is 1.31. The molecule has 3 heterocycles. The average molecular weight is 613 g/mol. The molecule has 43 heavy (non-hydrogen) atoms. The van der Waals surface area contributed by atoms with Crippen LogP contribution in [-0.2, 0) is 22.3 Å². The number of aliphatic hydroxyl groups is 8. The monoisotopic (exact) mass is 612 g/mol. The molecule has 15 heteroatoms. The number of aliphatic hydroxyl groups excluding tert-OH is 8. The minimum absolute atomic E-state index is 0.0685. The molecule has 0 aromatic heterocycles. The molecule has 238 valence electrons. The van der Waals surface area contributed by atoms with Crippen molar-refractivity contribution in [3.8, 4) is 28.7 Å².